The molecule has 0 atom stereocenters. The van der Waals surface area contributed by atoms with Gasteiger partial charge in [0.15, 0.2) is 0 Å². The van der Waals surface area contributed by atoms with Gasteiger partial charge in [0.05, 0.1) is 11.9 Å². The van der Waals surface area contributed by atoms with Crippen LogP contribution in [-0.2, 0) is 4.79 Å². The summed E-state index contributed by atoms with van der Waals surface area (Å²) in [6.45, 7) is 6.08. The fourth-order valence-corrected chi connectivity index (χ4v) is 1.26. The zero-order valence-corrected chi connectivity index (χ0v) is 10.1. The number of carbonyl (C=O) groups excluding carboxylic acids is 1. The number of hydrogen-bond acceptors (Lipinski definition) is 3. The summed E-state index contributed by atoms with van der Waals surface area (Å²) in [5, 5.41) is 2.76. The number of nitrogen functional groups attached to an aromatic ring is 1. The number of nitrogens with one attached hydrogen (secondary N) is 1. The SMILES string of the molecule is Cc1cc(NC(=O)CCC(C)C)ncc1N. The number of hydrogen-bond donors (Lipinski definition) is 2. The molecule has 1 aromatic rings. The summed E-state index contributed by atoms with van der Waals surface area (Å²) in [4.78, 5) is 15.6. The van der Waals surface area contributed by atoms with Crippen LogP contribution in [0, 0.1) is 12.8 Å². The first kappa shape index (κ1) is 12.5. The fourth-order valence-electron chi connectivity index (χ4n) is 1.26. The molecule has 0 saturated heterocycles. The molecule has 0 bridgehead atoms. The van der Waals surface area contributed by atoms with Gasteiger partial charge in [0.25, 0.3) is 0 Å². The molecule has 88 valence electrons. The van der Waals surface area contributed by atoms with Crippen molar-refractivity contribution in [3.05, 3.63) is 17.8 Å². The van der Waals surface area contributed by atoms with Crippen molar-refractivity contribution in [1.29, 1.82) is 0 Å². The van der Waals surface area contributed by atoms with Gasteiger partial charge < -0.3 is 11.1 Å². The highest BCUT2D eigenvalue weighted by Gasteiger charge is 2.05. The Kier molecular flexibility index (Phi) is 4.28. The molecule has 1 heterocycles. The summed E-state index contributed by atoms with van der Waals surface area (Å²) in [6.07, 6.45) is 2.98. The maximum absolute atomic E-state index is 11.5. The largest absolute Gasteiger partial charge is 0.397 e. The van der Waals surface area contributed by atoms with E-state index in [-0.39, 0.29) is 5.91 Å². The maximum Gasteiger partial charge on any atom is 0.225 e. The van der Waals surface area contributed by atoms with E-state index in [1.807, 2.05) is 6.92 Å². The lowest BCUT2D eigenvalue weighted by Crippen LogP contribution is -2.13. The molecular weight excluding hydrogens is 202 g/mol. The van der Waals surface area contributed by atoms with E-state index in [1.165, 1.54) is 0 Å². The monoisotopic (exact) mass is 221 g/mol. The van der Waals surface area contributed by atoms with Crippen LogP contribution in [0.4, 0.5) is 11.5 Å². The molecule has 0 aromatic carbocycles. The predicted octanol–water partition coefficient (Wildman–Crippen LogP) is 2.35. The number of nitrogens with two attached hydrogens (primary N) is 1. The normalized spacial score (nSPS) is 10.5. The third-order valence-corrected chi connectivity index (χ3v) is 2.37. The molecule has 16 heavy (non-hydrogen) atoms. The fraction of sp³-hybridized carbons (Fsp3) is 0.500. The standard InChI is InChI=1S/C12H19N3O/c1-8(2)4-5-12(16)15-11-6-9(3)10(13)7-14-11/h6-8H,4-5,13H2,1-3H3,(H,14,15,16). The van der Waals surface area contributed by atoms with Gasteiger partial charge >= 0.3 is 0 Å². The van der Waals surface area contributed by atoms with Gasteiger partial charge in [-0.3, -0.25) is 4.79 Å². The maximum atomic E-state index is 11.5. The minimum Gasteiger partial charge on any atom is -0.397 e. The minimum atomic E-state index is 0.00497. The highest BCUT2D eigenvalue weighted by molar-refractivity contribution is 5.89. The Bertz CT molecular complexity index is 375. The summed E-state index contributed by atoms with van der Waals surface area (Å²) < 4.78 is 0. The molecule has 3 N–H and O–H groups in total. The van der Waals surface area contributed by atoms with Gasteiger partial charge in [-0.05, 0) is 30.9 Å². The Labute approximate surface area is 96.3 Å². The topological polar surface area (TPSA) is 68.0 Å². The zero-order valence-electron chi connectivity index (χ0n) is 10.1. The average molecular weight is 221 g/mol. The van der Waals surface area contributed by atoms with E-state index in [0.717, 1.165) is 12.0 Å². The quantitative estimate of drug-likeness (QED) is 0.820. The molecule has 0 saturated carbocycles. The second-order valence-corrected chi connectivity index (χ2v) is 4.41. The number of nitrogens with zero attached hydrogens (tertiary/aromatic N) is 1. The molecule has 0 aliphatic rings. The molecule has 0 radical (unpaired) electrons. The molecule has 4 nitrogen and oxygen atoms in total. The lowest BCUT2D eigenvalue weighted by atomic mass is 10.1. The smallest absolute Gasteiger partial charge is 0.225 e. The summed E-state index contributed by atoms with van der Waals surface area (Å²) in [5.74, 6) is 1.11. The first-order valence-corrected chi connectivity index (χ1v) is 5.51. The average Bonchev–Trinajstić information content (AvgIpc) is 2.21. The van der Waals surface area contributed by atoms with E-state index in [0.29, 0.717) is 23.8 Å². The molecule has 4 heteroatoms. The van der Waals surface area contributed by atoms with Gasteiger partial charge in [-0.2, -0.15) is 0 Å². The van der Waals surface area contributed by atoms with Crippen molar-refractivity contribution >= 4 is 17.4 Å². The van der Waals surface area contributed by atoms with E-state index in [9.17, 15) is 4.79 Å². The second kappa shape index (κ2) is 5.49. The van der Waals surface area contributed by atoms with Gasteiger partial charge in [-0.1, -0.05) is 13.8 Å². The van der Waals surface area contributed by atoms with Gasteiger partial charge in [0.1, 0.15) is 5.82 Å². The number of rotatable bonds is 4. The molecule has 0 unspecified atom stereocenters. The van der Waals surface area contributed by atoms with Crippen molar-refractivity contribution < 1.29 is 4.79 Å². The van der Waals surface area contributed by atoms with E-state index >= 15 is 0 Å². The zero-order chi connectivity index (χ0) is 12.1. The van der Waals surface area contributed by atoms with Crippen molar-refractivity contribution in [3.63, 3.8) is 0 Å². The molecule has 1 amide bonds. The third-order valence-electron chi connectivity index (χ3n) is 2.37. The van der Waals surface area contributed by atoms with Gasteiger partial charge in [0.2, 0.25) is 5.91 Å². The Balaban J connectivity index is 2.53. The summed E-state index contributed by atoms with van der Waals surface area (Å²) in [7, 11) is 0. The van der Waals surface area contributed by atoms with Crippen LogP contribution < -0.4 is 11.1 Å². The third kappa shape index (κ3) is 3.88. The number of pyridine rings is 1. The summed E-state index contributed by atoms with van der Waals surface area (Å²) in [5.41, 5.74) is 7.21. The van der Waals surface area contributed by atoms with Crippen molar-refractivity contribution in [2.75, 3.05) is 11.1 Å². The van der Waals surface area contributed by atoms with Crippen LogP contribution in [0.5, 0.6) is 0 Å². The first-order valence-electron chi connectivity index (χ1n) is 5.51. The highest BCUT2D eigenvalue weighted by atomic mass is 16.1. The van der Waals surface area contributed by atoms with E-state index in [1.54, 1.807) is 12.3 Å². The lowest BCUT2D eigenvalue weighted by molar-refractivity contribution is -0.116. The van der Waals surface area contributed by atoms with E-state index in [2.05, 4.69) is 24.1 Å². The van der Waals surface area contributed by atoms with Crippen molar-refractivity contribution in [2.45, 2.75) is 33.6 Å². The van der Waals surface area contributed by atoms with Crippen LogP contribution in [0.1, 0.15) is 32.3 Å². The minimum absolute atomic E-state index is 0.00497. The molecule has 0 aliphatic heterocycles. The van der Waals surface area contributed by atoms with E-state index in [4.69, 9.17) is 5.73 Å². The van der Waals surface area contributed by atoms with Gasteiger partial charge in [-0.15, -0.1) is 0 Å². The van der Waals surface area contributed by atoms with Crippen LogP contribution in [0.3, 0.4) is 0 Å². The summed E-state index contributed by atoms with van der Waals surface area (Å²) >= 11 is 0. The van der Waals surface area contributed by atoms with Gasteiger partial charge in [0, 0.05) is 6.42 Å². The van der Waals surface area contributed by atoms with Crippen LogP contribution in [0.25, 0.3) is 0 Å². The molecule has 1 aromatic heterocycles. The van der Waals surface area contributed by atoms with Crippen LogP contribution >= 0.6 is 0 Å². The van der Waals surface area contributed by atoms with Gasteiger partial charge in [-0.25, -0.2) is 4.98 Å². The number of anilines is 2. The van der Waals surface area contributed by atoms with Crippen molar-refractivity contribution in [1.82, 2.24) is 4.98 Å². The van der Waals surface area contributed by atoms with Crippen molar-refractivity contribution in [3.8, 4) is 0 Å². The predicted molar refractivity (Wildman–Crippen MR) is 66.1 cm³/mol. The Morgan fingerprint density at radius 2 is 2.25 bits per heavy atom. The number of carbonyl (C=O) groups is 1. The number of amides is 1. The Morgan fingerprint density at radius 3 is 2.81 bits per heavy atom. The lowest BCUT2D eigenvalue weighted by Gasteiger charge is -2.07. The molecular formula is C12H19N3O. The first-order chi connectivity index (χ1) is 7.49. The molecule has 1 rings (SSSR count). The molecule has 0 fully saturated rings. The summed E-state index contributed by atoms with van der Waals surface area (Å²) in [6, 6.07) is 1.78. The second-order valence-electron chi connectivity index (χ2n) is 4.41. The number of aromatic nitrogens is 1. The number of aryl methyl sites for hydroxylation is 1. The Morgan fingerprint density at radius 1 is 1.56 bits per heavy atom. The van der Waals surface area contributed by atoms with Crippen LogP contribution in [-0.4, -0.2) is 10.9 Å². The van der Waals surface area contributed by atoms with Crippen LogP contribution in [0.15, 0.2) is 12.3 Å². The van der Waals surface area contributed by atoms with Crippen LogP contribution in [0.2, 0.25) is 0 Å². The molecule has 0 spiro atoms. The van der Waals surface area contributed by atoms with E-state index < -0.39 is 0 Å². The van der Waals surface area contributed by atoms with Crippen molar-refractivity contribution in [2.24, 2.45) is 5.92 Å². The Hall–Kier alpha value is -1.58. The highest BCUT2D eigenvalue weighted by Crippen LogP contribution is 2.13. The molecule has 0 aliphatic carbocycles.